The van der Waals surface area contributed by atoms with Gasteiger partial charge in [0.25, 0.3) is 11.8 Å². The predicted octanol–water partition coefficient (Wildman–Crippen LogP) is 2.83. The van der Waals surface area contributed by atoms with Gasteiger partial charge >= 0.3 is 5.97 Å². The van der Waals surface area contributed by atoms with E-state index < -0.39 is 29.7 Å². The van der Waals surface area contributed by atoms with E-state index in [9.17, 15) is 19.2 Å². The molecule has 3 aromatic rings. The fourth-order valence-corrected chi connectivity index (χ4v) is 3.65. The SMILES string of the molecule is CCOC(=O)c1ccc(N2C(=O)CC(N(Cc3cccnc3)C(=O)c3ccco3)C2=O)cc1. The first kappa shape index (κ1) is 21.9. The molecule has 1 saturated heterocycles. The molecule has 1 aliphatic heterocycles. The molecule has 1 fully saturated rings. The third kappa shape index (κ3) is 4.52. The highest BCUT2D eigenvalue weighted by Crippen LogP contribution is 2.28. The van der Waals surface area contributed by atoms with Crippen LogP contribution in [0.1, 0.15) is 39.8 Å². The van der Waals surface area contributed by atoms with E-state index >= 15 is 0 Å². The fourth-order valence-electron chi connectivity index (χ4n) is 3.65. The second kappa shape index (κ2) is 9.47. The Morgan fingerprint density at radius 1 is 1.15 bits per heavy atom. The number of anilines is 1. The zero-order chi connectivity index (χ0) is 23.4. The molecule has 2 aromatic heterocycles. The van der Waals surface area contributed by atoms with Crippen LogP contribution in [0.25, 0.3) is 0 Å². The fraction of sp³-hybridized carbons (Fsp3) is 0.208. The van der Waals surface area contributed by atoms with Gasteiger partial charge in [-0.2, -0.15) is 0 Å². The summed E-state index contributed by atoms with van der Waals surface area (Å²) in [5.74, 6) is -1.91. The Morgan fingerprint density at radius 2 is 1.94 bits per heavy atom. The minimum atomic E-state index is -1.01. The highest BCUT2D eigenvalue weighted by Gasteiger charge is 2.45. The van der Waals surface area contributed by atoms with Gasteiger partial charge in [-0.25, -0.2) is 9.69 Å². The number of furan rings is 1. The molecule has 3 heterocycles. The van der Waals surface area contributed by atoms with Crippen molar-refractivity contribution in [3.05, 3.63) is 84.1 Å². The number of amides is 3. The van der Waals surface area contributed by atoms with Crippen molar-refractivity contribution in [2.24, 2.45) is 0 Å². The van der Waals surface area contributed by atoms with Gasteiger partial charge in [-0.15, -0.1) is 0 Å². The molecular formula is C24H21N3O6. The lowest BCUT2D eigenvalue weighted by Gasteiger charge is -2.27. The number of benzene rings is 1. The average Bonchev–Trinajstić information content (AvgIpc) is 3.46. The van der Waals surface area contributed by atoms with E-state index in [0.29, 0.717) is 16.8 Å². The van der Waals surface area contributed by atoms with Crippen LogP contribution in [0.2, 0.25) is 0 Å². The number of ether oxygens (including phenoxy) is 1. The van der Waals surface area contributed by atoms with Crippen molar-refractivity contribution in [1.82, 2.24) is 9.88 Å². The van der Waals surface area contributed by atoms with Crippen molar-refractivity contribution in [3.63, 3.8) is 0 Å². The number of carbonyl (C=O) groups excluding carboxylic acids is 4. The maximum absolute atomic E-state index is 13.3. The Labute approximate surface area is 189 Å². The van der Waals surface area contributed by atoms with E-state index in [0.717, 1.165) is 4.90 Å². The van der Waals surface area contributed by atoms with Gasteiger partial charge < -0.3 is 14.1 Å². The molecular weight excluding hydrogens is 426 g/mol. The number of aromatic nitrogens is 1. The van der Waals surface area contributed by atoms with Crippen LogP contribution in [0.4, 0.5) is 5.69 Å². The lowest BCUT2D eigenvalue weighted by molar-refractivity contribution is -0.122. The Morgan fingerprint density at radius 3 is 2.58 bits per heavy atom. The van der Waals surface area contributed by atoms with E-state index in [-0.39, 0.29) is 25.3 Å². The van der Waals surface area contributed by atoms with Gasteiger partial charge in [-0.3, -0.25) is 19.4 Å². The van der Waals surface area contributed by atoms with Crippen LogP contribution < -0.4 is 4.90 Å². The molecule has 0 bridgehead atoms. The highest BCUT2D eigenvalue weighted by molar-refractivity contribution is 6.23. The lowest BCUT2D eigenvalue weighted by Crippen LogP contribution is -2.45. The van der Waals surface area contributed by atoms with Gasteiger partial charge in [0.05, 0.1) is 30.5 Å². The molecule has 9 nitrogen and oxygen atoms in total. The van der Waals surface area contributed by atoms with Gasteiger partial charge in [-0.1, -0.05) is 6.07 Å². The summed E-state index contributed by atoms with van der Waals surface area (Å²) in [5, 5.41) is 0. The van der Waals surface area contributed by atoms with E-state index in [4.69, 9.17) is 9.15 Å². The minimum absolute atomic E-state index is 0.0661. The van der Waals surface area contributed by atoms with E-state index in [2.05, 4.69) is 4.98 Å². The Hall–Kier alpha value is -4.27. The minimum Gasteiger partial charge on any atom is -0.462 e. The molecule has 0 saturated carbocycles. The summed E-state index contributed by atoms with van der Waals surface area (Å²) in [7, 11) is 0. The molecule has 0 spiro atoms. The number of hydrogen-bond donors (Lipinski definition) is 0. The number of hydrogen-bond acceptors (Lipinski definition) is 7. The average molecular weight is 447 g/mol. The van der Waals surface area contributed by atoms with E-state index in [1.807, 2.05) is 0 Å². The molecule has 3 amide bonds. The summed E-state index contributed by atoms with van der Waals surface area (Å²) in [6.07, 6.45) is 4.39. The normalized spacial score (nSPS) is 15.5. The number of imide groups is 1. The Bertz CT molecular complexity index is 1160. The van der Waals surface area contributed by atoms with E-state index in [1.54, 1.807) is 37.5 Å². The predicted molar refractivity (Wildman–Crippen MR) is 116 cm³/mol. The molecule has 1 unspecified atom stereocenters. The van der Waals surface area contributed by atoms with Crippen LogP contribution in [0.3, 0.4) is 0 Å². The van der Waals surface area contributed by atoms with Gasteiger partial charge in [0.2, 0.25) is 5.91 Å². The van der Waals surface area contributed by atoms with Gasteiger partial charge in [0.15, 0.2) is 5.76 Å². The van der Waals surface area contributed by atoms with Crippen LogP contribution in [0, 0.1) is 0 Å². The molecule has 4 rings (SSSR count). The van der Waals surface area contributed by atoms with Gasteiger partial charge in [0.1, 0.15) is 6.04 Å². The molecule has 168 valence electrons. The third-order valence-corrected chi connectivity index (χ3v) is 5.20. The summed E-state index contributed by atoms with van der Waals surface area (Å²) in [6, 6.07) is 11.6. The zero-order valence-corrected chi connectivity index (χ0v) is 17.8. The maximum atomic E-state index is 13.3. The largest absolute Gasteiger partial charge is 0.462 e. The Balaban J connectivity index is 1.61. The molecule has 1 aliphatic rings. The summed E-state index contributed by atoms with van der Waals surface area (Å²) in [5.41, 5.74) is 1.32. The van der Waals surface area contributed by atoms with Crippen LogP contribution in [0.5, 0.6) is 0 Å². The lowest BCUT2D eigenvalue weighted by atomic mass is 10.1. The number of nitrogens with zero attached hydrogens (tertiary/aromatic N) is 3. The first-order valence-electron chi connectivity index (χ1n) is 10.4. The monoisotopic (exact) mass is 447 g/mol. The third-order valence-electron chi connectivity index (χ3n) is 5.20. The first-order valence-corrected chi connectivity index (χ1v) is 10.4. The molecule has 0 aliphatic carbocycles. The van der Waals surface area contributed by atoms with Crippen molar-refractivity contribution in [3.8, 4) is 0 Å². The topological polar surface area (TPSA) is 110 Å². The second-order valence-electron chi connectivity index (χ2n) is 7.33. The second-order valence-corrected chi connectivity index (χ2v) is 7.33. The molecule has 33 heavy (non-hydrogen) atoms. The number of esters is 1. The van der Waals surface area contributed by atoms with Crippen molar-refractivity contribution < 1.29 is 28.3 Å². The van der Waals surface area contributed by atoms with Crippen LogP contribution in [0.15, 0.2) is 71.6 Å². The van der Waals surface area contributed by atoms with Crippen LogP contribution in [-0.2, 0) is 20.9 Å². The molecule has 9 heteroatoms. The van der Waals surface area contributed by atoms with Crippen LogP contribution >= 0.6 is 0 Å². The number of pyridine rings is 1. The van der Waals surface area contributed by atoms with Crippen molar-refractivity contribution in [2.75, 3.05) is 11.5 Å². The van der Waals surface area contributed by atoms with Gasteiger partial charge in [-0.05, 0) is 55.0 Å². The van der Waals surface area contributed by atoms with Crippen molar-refractivity contribution in [2.45, 2.75) is 25.9 Å². The smallest absolute Gasteiger partial charge is 0.338 e. The standard InChI is InChI=1S/C24H21N3O6/c1-2-32-24(31)17-7-9-18(10-8-17)27-21(28)13-19(22(27)29)26(15-16-5-3-11-25-14-16)23(30)20-6-4-12-33-20/h3-12,14,19H,2,13,15H2,1H3. The highest BCUT2D eigenvalue weighted by atomic mass is 16.5. The first-order chi connectivity index (χ1) is 16.0. The molecule has 0 N–H and O–H groups in total. The Kier molecular flexibility index (Phi) is 6.30. The summed E-state index contributed by atoms with van der Waals surface area (Å²) < 4.78 is 10.2. The number of carbonyl (C=O) groups is 4. The zero-order valence-electron chi connectivity index (χ0n) is 17.8. The summed E-state index contributed by atoms with van der Waals surface area (Å²) in [4.78, 5) is 57.6. The maximum Gasteiger partial charge on any atom is 0.338 e. The molecule has 0 radical (unpaired) electrons. The van der Waals surface area contributed by atoms with Crippen molar-refractivity contribution >= 4 is 29.4 Å². The quantitative estimate of drug-likeness (QED) is 0.405. The van der Waals surface area contributed by atoms with Crippen LogP contribution in [-0.4, -0.2) is 46.2 Å². The molecule has 1 aromatic carbocycles. The summed E-state index contributed by atoms with van der Waals surface area (Å²) >= 11 is 0. The van der Waals surface area contributed by atoms with E-state index in [1.165, 1.54) is 41.5 Å². The van der Waals surface area contributed by atoms with Gasteiger partial charge in [0, 0.05) is 18.9 Å². The summed E-state index contributed by atoms with van der Waals surface area (Å²) in [6.45, 7) is 2.02. The molecule has 1 atom stereocenters. The van der Waals surface area contributed by atoms with Crippen molar-refractivity contribution in [1.29, 1.82) is 0 Å². The number of rotatable bonds is 7.